The minimum absolute atomic E-state index is 0.368. The summed E-state index contributed by atoms with van der Waals surface area (Å²) in [6, 6.07) is 0. The van der Waals surface area contributed by atoms with E-state index in [1.54, 1.807) is 0 Å². The van der Waals surface area contributed by atoms with Crippen molar-refractivity contribution in [3.8, 4) is 0 Å². The van der Waals surface area contributed by atoms with E-state index < -0.39 is 0 Å². The van der Waals surface area contributed by atoms with Crippen LogP contribution in [-0.4, -0.2) is 12.1 Å². The highest BCUT2D eigenvalue weighted by Crippen LogP contribution is 2.33. The second-order valence-electron chi connectivity index (χ2n) is 4.62. The Kier molecular flexibility index (Phi) is 3.55. The third kappa shape index (κ3) is 2.34. The first kappa shape index (κ1) is 10.8. The van der Waals surface area contributed by atoms with Crippen LogP contribution >= 0.6 is 0 Å². The smallest absolute Gasteiger partial charge is 0.0241 e. The Bertz CT molecular complexity index is 176. The van der Waals surface area contributed by atoms with Gasteiger partial charge in [-0.3, -0.25) is 0 Å². The van der Waals surface area contributed by atoms with Crippen LogP contribution in [0.1, 0.15) is 46.5 Å². The first-order chi connectivity index (χ1) is 6.10. The minimum Gasteiger partial charge on any atom is -0.311 e. The predicted octanol–water partition coefficient (Wildman–Crippen LogP) is 3.12. The fourth-order valence-corrected chi connectivity index (χ4v) is 2.25. The third-order valence-electron chi connectivity index (χ3n) is 3.45. The van der Waals surface area contributed by atoms with Gasteiger partial charge < -0.3 is 5.32 Å². The Hall–Kier alpha value is -0.300. The quantitative estimate of drug-likeness (QED) is 0.657. The molecule has 0 radical (unpaired) electrons. The molecule has 1 fully saturated rings. The number of hydrogen-bond acceptors (Lipinski definition) is 1. The number of nitrogens with one attached hydrogen (secondary N) is 1. The minimum atomic E-state index is 0.368. The van der Waals surface area contributed by atoms with Crippen molar-refractivity contribution in [2.45, 2.75) is 52.0 Å². The van der Waals surface area contributed by atoms with Crippen molar-refractivity contribution in [2.75, 3.05) is 6.54 Å². The van der Waals surface area contributed by atoms with Gasteiger partial charge in [0.25, 0.3) is 0 Å². The Balaban J connectivity index is 2.62. The van der Waals surface area contributed by atoms with Crippen LogP contribution in [0.4, 0.5) is 0 Å². The summed E-state index contributed by atoms with van der Waals surface area (Å²) in [5, 5.41) is 3.67. The molecule has 0 saturated carbocycles. The molecule has 13 heavy (non-hydrogen) atoms. The van der Waals surface area contributed by atoms with E-state index >= 15 is 0 Å². The van der Waals surface area contributed by atoms with E-state index in [4.69, 9.17) is 0 Å². The van der Waals surface area contributed by atoms with E-state index in [0.717, 1.165) is 12.3 Å². The molecule has 1 rings (SSSR count). The first-order valence-corrected chi connectivity index (χ1v) is 5.52. The van der Waals surface area contributed by atoms with Gasteiger partial charge in [0.1, 0.15) is 0 Å². The standard InChI is InChI=1S/C12H23N/c1-5-11(4)9-12(10(2)3)7-6-8-13-12/h10,13H,4-9H2,1-3H3. The second-order valence-corrected chi connectivity index (χ2v) is 4.62. The molecule has 1 unspecified atom stereocenters. The van der Waals surface area contributed by atoms with Crippen molar-refractivity contribution in [1.29, 1.82) is 0 Å². The van der Waals surface area contributed by atoms with Gasteiger partial charge in [0.05, 0.1) is 0 Å². The fourth-order valence-electron chi connectivity index (χ4n) is 2.25. The topological polar surface area (TPSA) is 12.0 Å². The molecule has 1 atom stereocenters. The van der Waals surface area contributed by atoms with Gasteiger partial charge in [0, 0.05) is 5.54 Å². The molecule has 0 bridgehead atoms. The highest BCUT2D eigenvalue weighted by Gasteiger charge is 2.36. The monoisotopic (exact) mass is 181 g/mol. The van der Waals surface area contributed by atoms with Gasteiger partial charge in [0.15, 0.2) is 0 Å². The van der Waals surface area contributed by atoms with Gasteiger partial charge in [0.2, 0.25) is 0 Å². The van der Waals surface area contributed by atoms with Crippen molar-refractivity contribution < 1.29 is 0 Å². The van der Waals surface area contributed by atoms with Gasteiger partial charge in [-0.1, -0.05) is 32.9 Å². The summed E-state index contributed by atoms with van der Waals surface area (Å²) >= 11 is 0. The van der Waals surface area contributed by atoms with Crippen LogP contribution in [0.15, 0.2) is 12.2 Å². The maximum Gasteiger partial charge on any atom is 0.0241 e. The molecule has 1 saturated heterocycles. The summed E-state index contributed by atoms with van der Waals surface area (Å²) in [7, 11) is 0. The summed E-state index contributed by atoms with van der Waals surface area (Å²) in [5.74, 6) is 0.721. The van der Waals surface area contributed by atoms with E-state index in [1.165, 1.54) is 31.4 Å². The first-order valence-electron chi connectivity index (χ1n) is 5.52. The molecule has 1 aliphatic rings. The third-order valence-corrected chi connectivity index (χ3v) is 3.45. The average molecular weight is 181 g/mol. The molecule has 1 aliphatic heterocycles. The van der Waals surface area contributed by atoms with Gasteiger partial charge >= 0.3 is 0 Å². The molecule has 1 N–H and O–H groups in total. The molecular weight excluding hydrogens is 158 g/mol. The molecule has 0 amide bonds. The van der Waals surface area contributed by atoms with E-state index in [2.05, 4.69) is 32.7 Å². The van der Waals surface area contributed by atoms with Gasteiger partial charge in [-0.15, -0.1) is 0 Å². The average Bonchev–Trinajstić information content (AvgIpc) is 2.54. The highest BCUT2D eigenvalue weighted by molar-refractivity contribution is 5.07. The summed E-state index contributed by atoms with van der Waals surface area (Å²) in [6.45, 7) is 12.2. The van der Waals surface area contributed by atoms with Crippen molar-refractivity contribution >= 4 is 0 Å². The van der Waals surface area contributed by atoms with Crippen molar-refractivity contribution in [3.05, 3.63) is 12.2 Å². The zero-order valence-electron chi connectivity index (χ0n) is 9.32. The lowest BCUT2D eigenvalue weighted by Crippen LogP contribution is -2.44. The van der Waals surface area contributed by atoms with Crippen LogP contribution in [0.2, 0.25) is 0 Å². The number of hydrogen-bond donors (Lipinski definition) is 1. The van der Waals surface area contributed by atoms with Crippen molar-refractivity contribution in [3.63, 3.8) is 0 Å². The lowest BCUT2D eigenvalue weighted by Gasteiger charge is -2.34. The molecule has 0 spiro atoms. The SMILES string of the molecule is C=C(CC)CC1(C(C)C)CCCN1. The van der Waals surface area contributed by atoms with Crippen molar-refractivity contribution in [1.82, 2.24) is 5.32 Å². The van der Waals surface area contributed by atoms with Gasteiger partial charge in [-0.25, -0.2) is 0 Å². The maximum atomic E-state index is 4.12. The van der Waals surface area contributed by atoms with E-state index in [9.17, 15) is 0 Å². The Morgan fingerprint density at radius 3 is 2.62 bits per heavy atom. The summed E-state index contributed by atoms with van der Waals surface area (Å²) in [5.41, 5.74) is 1.76. The molecule has 0 aromatic rings. The van der Waals surface area contributed by atoms with Crippen LogP contribution in [0.3, 0.4) is 0 Å². The second kappa shape index (κ2) is 4.28. The molecular formula is C12H23N. The molecule has 0 aromatic carbocycles. The van der Waals surface area contributed by atoms with E-state index in [0.29, 0.717) is 5.54 Å². The molecule has 0 aliphatic carbocycles. The summed E-state index contributed by atoms with van der Waals surface area (Å²) in [4.78, 5) is 0. The molecule has 1 nitrogen and oxygen atoms in total. The van der Waals surface area contributed by atoms with E-state index in [-0.39, 0.29) is 0 Å². The molecule has 0 aromatic heterocycles. The lowest BCUT2D eigenvalue weighted by molar-refractivity contribution is 0.267. The van der Waals surface area contributed by atoms with Crippen LogP contribution in [0.5, 0.6) is 0 Å². The molecule has 1 heterocycles. The van der Waals surface area contributed by atoms with Crippen LogP contribution in [0.25, 0.3) is 0 Å². The number of rotatable bonds is 4. The van der Waals surface area contributed by atoms with Crippen LogP contribution in [-0.2, 0) is 0 Å². The van der Waals surface area contributed by atoms with Crippen LogP contribution in [0, 0.1) is 5.92 Å². The van der Waals surface area contributed by atoms with Gasteiger partial charge in [-0.2, -0.15) is 0 Å². The zero-order valence-corrected chi connectivity index (χ0v) is 9.32. The lowest BCUT2D eigenvalue weighted by atomic mass is 9.79. The fraction of sp³-hybridized carbons (Fsp3) is 0.833. The predicted molar refractivity (Wildman–Crippen MR) is 58.9 cm³/mol. The van der Waals surface area contributed by atoms with E-state index in [1.807, 2.05) is 0 Å². The Morgan fingerprint density at radius 2 is 2.23 bits per heavy atom. The summed E-state index contributed by atoms with van der Waals surface area (Å²) in [6.07, 6.45) is 4.94. The van der Waals surface area contributed by atoms with Crippen LogP contribution < -0.4 is 5.32 Å². The molecule has 1 heteroatoms. The normalized spacial score (nSPS) is 28.3. The molecule has 76 valence electrons. The largest absolute Gasteiger partial charge is 0.311 e. The highest BCUT2D eigenvalue weighted by atomic mass is 15.0. The van der Waals surface area contributed by atoms with Crippen molar-refractivity contribution in [2.24, 2.45) is 5.92 Å². The van der Waals surface area contributed by atoms with Gasteiger partial charge in [-0.05, 0) is 38.1 Å². The maximum absolute atomic E-state index is 4.12. The Labute approximate surface area is 82.6 Å². The Morgan fingerprint density at radius 1 is 1.54 bits per heavy atom. The summed E-state index contributed by atoms with van der Waals surface area (Å²) < 4.78 is 0. The zero-order chi connectivity index (χ0) is 9.90.